The summed E-state index contributed by atoms with van der Waals surface area (Å²) in [6.07, 6.45) is 20.4. The molecule has 13 aromatic carbocycles. The molecular weight excluding hydrogens is 1160 g/mol. The lowest BCUT2D eigenvalue weighted by Crippen LogP contribution is -1.87. The number of hydrogen-bond donors (Lipinski definition) is 0. The van der Waals surface area contributed by atoms with E-state index in [1.165, 1.54) is 97.0 Å². The molecule has 0 fully saturated rings. The van der Waals surface area contributed by atoms with Crippen molar-refractivity contribution in [2.75, 3.05) is 0 Å². The largest absolute Gasteiger partial charge is 0.264 e. The molecule has 0 aliphatic carbocycles. The van der Waals surface area contributed by atoms with Crippen molar-refractivity contribution < 1.29 is 6.85 Å². The zero-order valence-electron chi connectivity index (χ0n) is 56.9. The Morgan fingerprint density at radius 3 is 0.779 bits per heavy atom. The van der Waals surface area contributed by atoms with Crippen LogP contribution in [0.5, 0.6) is 0 Å². The van der Waals surface area contributed by atoms with Crippen molar-refractivity contribution in [3.8, 4) is 0 Å². The van der Waals surface area contributed by atoms with E-state index in [-0.39, 0.29) is 0 Å². The maximum Gasteiger partial charge on any atom is 0.0802 e. The molecule has 0 radical (unpaired) electrons. The van der Waals surface area contributed by atoms with Gasteiger partial charge in [0.2, 0.25) is 0 Å². The maximum absolute atomic E-state index is 7.57. The molecule has 0 bridgehead atoms. The van der Waals surface area contributed by atoms with Gasteiger partial charge in [-0.1, -0.05) is 204 Å². The van der Waals surface area contributed by atoms with Crippen LogP contribution in [0.25, 0.3) is 162 Å². The molecule has 7 nitrogen and oxygen atoms in total. The standard InChI is InChI=1S/3C18H13N.2C17H12N2/c1-12-8-9-14-13-5-2-3-6-15(13)18-16(17(14)11-12)7-4-10-19-18;1-12-8-9-15-13-5-2-3-6-14(13)16-7-4-10-19-18(16)17(15)11-12;1-12-6-7-15-13-4-2-3-5-14(13)16-8-9-19-11-18(16)17(15)10-12;1-11-2-3-12-13-4-6-18-9-16(13)17-10-19-7-5-14(17)15(12)8-11;1-11-4-5-12-13-6-8-18-10-16(13)17-14(15(12)9-11)3-2-7-19-17/h3*2-11H,1H3;2*2-10H,1H3/i5*1D. The normalized spacial score (nSPS) is 12.1. The summed E-state index contributed by atoms with van der Waals surface area (Å²) in [5.74, 6) is 0. The number of rotatable bonds is 0. The topological polar surface area (TPSA) is 90.2 Å². The molecule has 7 heteroatoms. The van der Waals surface area contributed by atoms with Gasteiger partial charge in [-0.3, -0.25) is 34.9 Å². The Hall–Kier alpha value is -12.2. The SMILES string of the molecule is [2H]Cc1ccc2c(c1)c1cccnc1c1cnccc21.[2H]Cc1ccc2c3ccccc3c3cccnc3c2c1.[2H]Cc1ccc2c3ccccc3c3ccncc3c2c1.[2H]Cc1ccc2c3ccccc3c3ncccc3c2c1.[2H]Cc1ccc2c3ccncc3c3cnccc3c2c1. The summed E-state index contributed by atoms with van der Waals surface area (Å²) < 4.78 is 37.9. The summed E-state index contributed by atoms with van der Waals surface area (Å²) in [4.78, 5) is 30.7. The molecule has 95 heavy (non-hydrogen) atoms. The van der Waals surface area contributed by atoms with Crippen LogP contribution in [0.2, 0.25) is 0 Å². The van der Waals surface area contributed by atoms with Crippen LogP contribution in [-0.2, 0) is 0 Å². The maximum atomic E-state index is 7.57. The highest BCUT2D eigenvalue weighted by molar-refractivity contribution is 6.29. The van der Waals surface area contributed by atoms with Gasteiger partial charge in [0, 0.05) is 123 Å². The average Bonchev–Trinajstić information content (AvgIpc) is 0.783. The third kappa shape index (κ3) is 10.5. The summed E-state index contributed by atoms with van der Waals surface area (Å²) in [5, 5.41) is 32.1. The first-order chi connectivity index (χ1) is 49.4. The molecular formula is C88H63N7. The second-order valence-electron chi connectivity index (χ2n) is 23.9. The number of aromatic nitrogens is 7. The average molecular weight is 1220 g/mol. The van der Waals surface area contributed by atoms with Gasteiger partial charge in [0.25, 0.3) is 0 Å². The summed E-state index contributed by atoms with van der Waals surface area (Å²) in [6.45, 7) is 1.52. The van der Waals surface area contributed by atoms with E-state index in [2.05, 4.69) is 193 Å². The number of nitrogens with zero attached hydrogens (tertiary/aromatic N) is 7. The van der Waals surface area contributed by atoms with Crippen LogP contribution in [0.3, 0.4) is 0 Å². The van der Waals surface area contributed by atoms with Gasteiger partial charge in [-0.15, -0.1) is 0 Å². The van der Waals surface area contributed by atoms with Crippen molar-refractivity contribution in [1.29, 1.82) is 0 Å². The summed E-state index contributed by atoms with van der Waals surface area (Å²) in [7, 11) is 0. The first kappa shape index (κ1) is 52.4. The Bertz CT molecular complexity index is 5470. The van der Waals surface area contributed by atoms with Crippen LogP contribution in [-0.4, -0.2) is 34.9 Å². The minimum absolute atomic E-state index is 0.298. The first-order valence-electron chi connectivity index (χ1n) is 35.0. The molecule has 0 saturated carbocycles. The number of benzene rings is 13. The third-order valence-corrected chi connectivity index (χ3v) is 18.2. The van der Waals surface area contributed by atoms with Crippen molar-refractivity contribution in [3.05, 3.63) is 320 Å². The highest BCUT2D eigenvalue weighted by atomic mass is 14.7. The van der Waals surface area contributed by atoms with Crippen LogP contribution in [0, 0.1) is 34.5 Å². The quantitative estimate of drug-likeness (QED) is 0.140. The zero-order valence-corrected chi connectivity index (χ0v) is 51.9. The van der Waals surface area contributed by atoms with E-state index in [4.69, 9.17) is 6.85 Å². The predicted molar refractivity (Wildman–Crippen MR) is 403 cm³/mol. The van der Waals surface area contributed by atoms with E-state index in [9.17, 15) is 0 Å². The molecule has 0 N–H and O–H groups in total. The number of hydrogen-bond acceptors (Lipinski definition) is 7. The second-order valence-corrected chi connectivity index (χ2v) is 23.9. The van der Waals surface area contributed by atoms with Gasteiger partial charge in [0.05, 0.1) is 16.6 Å². The van der Waals surface area contributed by atoms with Crippen molar-refractivity contribution in [2.24, 2.45) is 0 Å². The summed E-state index contributed by atoms with van der Waals surface area (Å²) in [5.41, 5.74) is 8.20. The van der Waals surface area contributed by atoms with Crippen LogP contribution < -0.4 is 0 Å². The van der Waals surface area contributed by atoms with Crippen molar-refractivity contribution in [2.45, 2.75) is 34.5 Å². The highest BCUT2D eigenvalue weighted by Gasteiger charge is 2.14. The molecule has 20 rings (SSSR count). The number of fused-ring (bicyclic) bond motifs is 30. The van der Waals surface area contributed by atoms with Crippen LogP contribution in [0.1, 0.15) is 34.7 Å². The van der Waals surface area contributed by atoms with E-state index in [0.29, 0.717) is 34.5 Å². The van der Waals surface area contributed by atoms with E-state index in [1.54, 1.807) is 0 Å². The molecule has 0 aliphatic rings. The van der Waals surface area contributed by atoms with Gasteiger partial charge in [-0.05, 0) is 180 Å². The molecule has 0 unspecified atom stereocenters. The molecule has 7 heterocycles. The molecule has 20 aromatic rings. The summed E-state index contributed by atoms with van der Waals surface area (Å²) >= 11 is 0. The van der Waals surface area contributed by atoms with E-state index < -0.39 is 0 Å². The van der Waals surface area contributed by atoms with Crippen molar-refractivity contribution in [1.82, 2.24) is 34.9 Å². The lowest BCUT2D eigenvalue weighted by molar-refractivity contribution is 1.35. The Kier molecular flexibility index (Phi) is 13.5. The predicted octanol–water partition coefficient (Wildman–Crippen LogP) is 23.0. The molecule has 0 saturated heterocycles. The first-order valence-corrected chi connectivity index (χ1v) is 31.5. The Morgan fingerprint density at radius 1 is 0.179 bits per heavy atom. The molecule has 0 aliphatic heterocycles. The van der Waals surface area contributed by atoms with Crippen LogP contribution in [0.4, 0.5) is 0 Å². The van der Waals surface area contributed by atoms with Crippen LogP contribution in [0.15, 0.2) is 293 Å². The van der Waals surface area contributed by atoms with Gasteiger partial charge >= 0.3 is 0 Å². The van der Waals surface area contributed by atoms with Gasteiger partial charge in [0.1, 0.15) is 0 Å². The fourth-order valence-electron chi connectivity index (χ4n) is 13.9. The van der Waals surface area contributed by atoms with Gasteiger partial charge in [-0.25, -0.2) is 0 Å². The molecule has 7 aromatic heterocycles. The molecule has 0 amide bonds. The van der Waals surface area contributed by atoms with E-state index in [1.807, 2.05) is 135 Å². The minimum atomic E-state index is 0.298. The fraction of sp³-hybridized carbons (Fsp3) is 0.0568. The number of pyridine rings is 7. The second kappa shape index (κ2) is 24.5. The molecule has 0 spiro atoms. The highest BCUT2D eigenvalue weighted by Crippen LogP contribution is 2.40. The van der Waals surface area contributed by atoms with Gasteiger partial charge < -0.3 is 0 Å². The fourth-order valence-corrected chi connectivity index (χ4v) is 13.9. The Balaban J connectivity index is 0.0000000972. The Labute approximate surface area is 555 Å². The molecule has 0 atom stereocenters. The monoisotopic (exact) mass is 1220 g/mol. The van der Waals surface area contributed by atoms with Gasteiger partial charge in [0.15, 0.2) is 0 Å². The lowest BCUT2D eigenvalue weighted by Gasteiger charge is -2.10. The number of aryl methyl sites for hydroxylation is 5. The van der Waals surface area contributed by atoms with E-state index >= 15 is 0 Å². The Morgan fingerprint density at radius 2 is 0.400 bits per heavy atom. The van der Waals surface area contributed by atoms with Crippen molar-refractivity contribution >= 4 is 162 Å². The van der Waals surface area contributed by atoms with Gasteiger partial charge in [-0.2, -0.15) is 0 Å². The summed E-state index contributed by atoms with van der Waals surface area (Å²) in [6, 6.07) is 77.1. The zero-order chi connectivity index (χ0) is 67.6. The minimum Gasteiger partial charge on any atom is -0.264 e. The van der Waals surface area contributed by atoms with E-state index in [0.717, 1.165) is 92.8 Å². The van der Waals surface area contributed by atoms with Crippen molar-refractivity contribution in [3.63, 3.8) is 0 Å². The van der Waals surface area contributed by atoms with Crippen LogP contribution >= 0.6 is 0 Å². The third-order valence-electron chi connectivity index (χ3n) is 18.2. The molecule has 450 valence electrons. The smallest absolute Gasteiger partial charge is 0.0802 e. The lowest BCUT2D eigenvalue weighted by atomic mass is 9.94.